The molecule has 88 valence electrons. The van der Waals surface area contributed by atoms with E-state index >= 15 is 0 Å². The number of amides is 1. The normalized spacial score (nSPS) is 21.1. The van der Waals surface area contributed by atoms with E-state index in [1.807, 2.05) is 11.8 Å². The number of piperidine rings is 1. The lowest BCUT2D eigenvalue weighted by atomic mass is 10.1. The van der Waals surface area contributed by atoms with Gasteiger partial charge in [0.25, 0.3) is 0 Å². The Morgan fingerprint density at radius 2 is 1.93 bits per heavy atom. The van der Waals surface area contributed by atoms with Crippen LogP contribution < -0.4 is 0 Å². The minimum atomic E-state index is -0.343. The molecule has 4 heteroatoms. The maximum absolute atomic E-state index is 11.7. The summed E-state index contributed by atoms with van der Waals surface area (Å²) in [4.78, 5) is 13.7. The average molecular weight is 231 g/mol. The highest BCUT2D eigenvalue weighted by atomic mass is 32.2. The second kappa shape index (κ2) is 6.38. The van der Waals surface area contributed by atoms with Crippen molar-refractivity contribution in [1.82, 2.24) is 4.90 Å². The summed E-state index contributed by atoms with van der Waals surface area (Å²) >= 11 is 1.55. The summed E-state index contributed by atoms with van der Waals surface area (Å²) in [5.41, 5.74) is 0. The number of nitrogens with zero attached hydrogens (tertiary/aromatic N) is 1. The lowest BCUT2D eigenvalue weighted by Crippen LogP contribution is -2.37. The summed E-state index contributed by atoms with van der Waals surface area (Å²) < 4.78 is 0. The van der Waals surface area contributed by atoms with E-state index in [4.69, 9.17) is 0 Å². The van der Waals surface area contributed by atoms with Gasteiger partial charge in [0.05, 0.1) is 11.9 Å². The average Bonchev–Trinajstić information content (AvgIpc) is 2.26. The largest absolute Gasteiger partial charge is 0.392 e. The minimum Gasteiger partial charge on any atom is -0.392 e. The quantitative estimate of drug-likeness (QED) is 0.797. The van der Waals surface area contributed by atoms with Gasteiger partial charge >= 0.3 is 0 Å². The van der Waals surface area contributed by atoms with Gasteiger partial charge in [0.1, 0.15) is 0 Å². The van der Waals surface area contributed by atoms with Gasteiger partial charge in [-0.2, -0.15) is 0 Å². The number of hydrogen-bond acceptors (Lipinski definition) is 3. The van der Waals surface area contributed by atoms with Crippen LogP contribution in [0.3, 0.4) is 0 Å². The SMILES string of the molecule is C[C@H](O)[C@H](C)SCC(=O)N1CCCCC1. The molecule has 1 fully saturated rings. The Bertz CT molecular complexity index is 203. The van der Waals surface area contributed by atoms with E-state index in [1.54, 1.807) is 18.7 Å². The Hall–Kier alpha value is -0.220. The molecule has 0 saturated carbocycles. The Balaban J connectivity index is 2.22. The third-order valence-electron chi connectivity index (χ3n) is 2.86. The van der Waals surface area contributed by atoms with Crippen LogP contribution in [0, 0.1) is 0 Å². The molecule has 0 spiro atoms. The first-order valence-electron chi connectivity index (χ1n) is 5.68. The molecule has 0 aliphatic carbocycles. The van der Waals surface area contributed by atoms with Crippen molar-refractivity contribution < 1.29 is 9.90 Å². The standard InChI is InChI=1S/C11H21NO2S/c1-9(13)10(2)15-8-11(14)12-6-4-3-5-7-12/h9-10,13H,3-8H2,1-2H3/t9-,10-/m0/s1. The van der Waals surface area contributed by atoms with Crippen molar-refractivity contribution >= 4 is 17.7 Å². The highest BCUT2D eigenvalue weighted by Crippen LogP contribution is 2.16. The Morgan fingerprint density at radius 3 is 2.47 bits per heavy atom. The molecule has 1 N–H and O–H groups in total. The predicted octanol–water partition coefficient (Wildman–Crippen LogP) is 1.50. The molecule has 0 bridgehead atoms. The Morgan fingerprint density at radius 1 is 1.33 bits per heavy atom. The van der Waals surface area contributed by atoms with E-state index in [0.29, 0.717) is 5.75 Å². The van der Waals surface area contributed by atoms with Crippen LogP contribution in [0.15, 0.2) is 0 Å². The van der Waals surface area contributed by atoms with Crippen molar-refractivity contribution in [3.8, 4) is 0 Å². The summed E-state index contributed by atoms with van der Waals surface area (Å²) in [5.74, 6) is 0.735. The van der Waals surface area contributed by atoms with E-state index in [0.717, 1.165) is 25.9 Å². The van der Waals surface area contributed by atoms with Crippen molar-refractivity contribution in [1.29, 1.82) is 0 Å². The van der Waals surface area contributed by atoms with Crippen LogP contribution in [-0.2, 0) is 4.79 Å². The molecular weight excluding hydrogens is 210 g/mol. The second-order valence-electron chi connectivity index (χ2n) is 4.20. The summed E-state index contributed by atoms with van der Waals surface area (Å²) in [6.07, 6.45) is 3.19. The van der Waals surface area contributed by atoms with Gasteiger partial charge in [0.2, 0.25) is 5.91 Å². The molecule has 3 nitrogen and oxygen atoms in total. The first-order valence-corrected chi connectivity index (χ1v) is 6.73. The van der Waals surface area contributed by atoms with Gasteiger partial charge in [-0.05, 0) is 26.2 Å². The molecule has 2 atom stereocenters. The highest BCUT2D eigenvalue weighted by molar-refractivity contribution is 8.00. The summed E-state index contributed by atoms with van der Waals surface area (Å²) in [7, 11) is 0. The first kappa shape index (κ1) is 12.8. The van der Waals surface area contributed by atoms with Gasteiger partial charge in [0.15, 0.2) is 0 Å². The van der Waals surface area contributed by atoms with Crippen molar-refractivity contribution in [2.24, 2.45) is 0 Å². The molecular formula is C11H21NO2S. The van der Waals surface area contributed by atoms with Crippen LogP contribution in [0.1, 0.15) is 33.1 Å². The third kappa shape index (κ3) is 4.43. The maximum atomic E-state index is 11.7. The van der Waals surface area contributed by atoms with E-state index in [9.17, 15) is 9.90 Å². The zero-order chi connectivity index (χ0) is 11.3. The molecule has 15 heavy (non-hydrogen) atoms. The number of carbonyl (C=O) groups is 1. The van der Waals surface area contributed by atoms with Crippen LogP contribution in [0.4, 0.5) is 0 Å². The molecule has 1 amide bonds. The monoisotopic (exact) mass is 231 g/mol. The lowest BCUT2D eigenvalue weighted by molar-refractivity contribution is -0.129. The molecule has 1 saturated heterocycles. The smallest absolute Gasteiger partial charge is 0.232 e. The number of rotatable bonds is 4. The van der Waals surface area contributed by atoms with Crippen LogP contribution >= 0.6 is 11.8 Å². The molecule has 1 heterocycles. The van der Waals surface area contributed by atoms with E-state index < -0.39 is 0 Å². The summed E-state index contributed by atoms with van der Waals surface area (Å²) in [6.45, 7) is 5.56. The number of aliphatic hydroxyl groups excluding tert-OH is 1. The topological polar surface area (TPSA) is 40.5 Å². The minimum absolute atomic E-state index is 0.138. The van der Waals surface area contributed by atoms with E-state index in [-0.39, 0.29) is 17.3 Å². The van der Waals surface area contributed by atoms with Crippen molar-refractivity contribution in [3.05, 3.63) is 0 Å². The molecule has 1 aliphatic heterocycles. The molecule has 0 aromatic rings. The number of likely N-dealkylation sites (tertiary alicyclic amines) is 1. The number of carbonyl (C=O) groups excluding carboxylic acids is 1. The number of thioether (sulfide) groups is 1. The number of hydrogen-bond donors (Lipinski definition) is 1. The maximum Gasteiger partial charge on any atom is 0.232 e. The first-order chi connectivity index (χ1) is 7.11. The fourth-order valence-electron chi connectivity index (χ4n) is 1.58. The third-order valence-corrected chi connectivity index (χ3v) is 4.19. The summed E-state index contributed by atoms with van der Waals surface area (Å²) in [6, 6.07) is 0. The molecule has 1 aliphatic rings. The highest BCUT2D eigenvalue weighted by Gasteiger charge is 2.18. The van der Waals surface area contributed by atoms with Crippen molar-refractivity contribution in [2.75, 3.05) is 18.8 Å². The van der Waals surface area contributed by atoms with Gasteiger partial charge in [-0.3, -0.25) is 4.79 Å². The van der Waals surface area contributed by atoms with Crippen LogP contribution in [0.5, 0.6) is 0 Å². The van der Waals surface area contributed by atoms with Crippen molar-refractivity contribution in [2.45, 2.75) is 44.5 Å². The van der Waals surface area contributed by atoms with E-state index in [1.165, 1.54) is 6.42 Å². The van der Waals surface area contributed by atoms with E-state index in [2.05, 4.69) is 0 Å². The second-order valence-corrected chi connectivity index (χ2v) is 5.56. The molecule has 0 radical (unpaired) electrons. The molecule has 0 aromatic carbocycles. The molecule has 0 unspecified atom stereocenters. The fraction of sp³-hybridized carbons (Fsp3) is 0.909. The zero-order valence-corrected chi connectivity index (χ0v) is 10.4. The van der Waals surface area contributed by atoms with Gasteiger partial charge in [-0.1, -0.05) is 6.92 Å². The summed E-state index contributed by atoms with van der Waals surface area (Å²) in [5, 5.41) is 9.44. The zero-order valence-electron chi connectivity index (χ0n) is 9.61. The lowest BCUT2D eigenvalue weighted by Gasteiger charge is -2.27. The van der Waals surface area contributed by atoms with Crippen LogP contribution in [0.25, 0.3) is 0 Å². The fourth-order valence-corrected chi connectivity index (χ4v) is 2.44. The Kier molecular flexibility index (Phi) is 5.47. The van der Waals surface area contributed by atoms with Gasteiger partial charge < -0.3 is 10.0 Å². The Labute approximate surface area is 96.2 Å². The van der Waals surface area contributed by atoms with Gasteiger partial charge in [-0.25, -0.2) is 0 Å². The van der Waals surface area contributed by atoms with Gasteiger partial charge in [0, 0.05) is 18.3 Å². The van der Waals surface area contributed by atoms with Crippen molar-refractivity contribution in [3.63, 3.8) is 0 Å². The van der Waals surface area contributed by atoms with Crippen LogP contribution in [0.2, 0.25) is 0 Å². The number of aliphatic hydroxyl groups is 1. The van der Waals surface area contributed by atoms with Gasteiger partial charge in [-0.15, -0.1) is 11.8 Å². The molecule has 0 aromatic heterocycles. The predicted molar refractivity (Wildman–Crippen MR) is 64.0 cm³/mol. The van der Waals surface area contributed by atoms with Crippen LogP contribution in [-0.4, -0.2) is 46.1 Å². The molecule has 1 rings (SSSR count).